The normalized spacial score (nSPS) is 11.3. The van der Waals surface area contributed by atoms with E-state index in [0.29, 0.717) is 6.54 Å². The van der Waals surface area contributed by atoms with Crippen molar-refractivity contribution < 1.29 is 4.79 Å². The average molecular weight is 317 g/mol. The Kier molecular flexibility index (Phi) is 3.74. The van der Waals surface area contributed by atoms with Gasteiger partial charge in [-0.15, -0.1) is 11.3 Å². The van der Waals surface area contributed by atoms with Crippen molar-refractivity contribution in [3.8, 4) is 0 Å². The molecule has 3 rings (SSSR count). The largest absolute Gasteiger partial charge is 0.338 e. The zero-order valence-corrected chi connectivity index (χ0v) is 14.0. The molecule has 3 aromatic rings. The summed E-state index contributed by atoms with van der Waals surface area (Å²) in [5.41, 5.74) is 3.09. The summed E-state index contributed by atoms with van der Waals surface area (Å²) in [6, 6.07) is 0. The van der Waals surface area contributed by atoms with Crippen molar-refractivity contribution >= 4 is 22.2 Å². The number of carbonyl (C=O) groups excluding carboxylic acids is 1. The van der Waals surface area contributed by atoms with Crippen LogP contribution in [-0.2, 0) is 17.9 Å². The SMILES string of the molecule is Cc1cnn(CC(=O)N(C)Cc2c(C)nc3sc(C)cn23)c1. The molecule has 0 bridgehead atoms. The summed E-state index contributed by atoms with van der Waals surface area (Å²) in [6.07, 6.45) is 5.70. The summed E-state index contributed by atoms with van der Waals surface area (Å²) in [6.45, 7) is 6.81. The highest BCUT2D eigenvalue weighted by molar-refractivity contribution is 7.17. The molecule has 0 N–H and O–H groups in total. The van der Waals surface area contributed by atoms with Gasteiger partial charge in [0, 0.05) is 24.3 Å². The molecule has 0 radical (unpaired) electrons. The molecule has 0 aliphatic carbocycles. The molecule has 0 unspecified atom stereocenters. The van der Waals surface area contributed by atoms with Gasteiger partial charge in [-0.3, -0.25) is 13.9 Å². The molecule has 0 saturated carbocycles. The highest BCUT2D eigenvalue weighted by Crippen LogP contribution is 2.21. The van der Waals surface area contributed by atoms with Crippen LogP contribution in [-0.4, -0.2) is 37.0 Å². The molecule has 3 heterocycles. The smallest absolute Gasteiger partial charge is 0.244 e. The molecule has 0 aromatic carbocycles. The topological polar surface area (TPSA) is 55.4 Å². The summed E-state index contributed by atoms with van der Waals surface area (Å²) in [5.74, 6) is 0.0319. The summed E-state index contributed by atoms with van der Waals surface area (Å²) < 4.78 is 3.75. The van der Waals surface area contributed by atoms with Crippen molar-refractivity contribution in [2.75, 3.05) is 7.05 Å². The van der Waals surface area contributed by atoms with Crippen LogP contribution in [0.1, 0.15) is 21.8 Å². The van der Waals surface area contributed by atoms with Crippen LogP contribution in [0.4, 0.5) is 0 Å². The zero-order chi connectivity index (χ0) is 15.9. The van der Waals surface area contributed by atoms with Crippen LogP contribution in [0.25, 0.3) is 4.96 Å². The molecule has 6 nitrogen and oxygen atoms in total. The highest BCUT2D eigenvalue weighted by Gasteiger charge is 2.16. The summed E-state index contributed by atoms with van der Waals surface area (Å²) in [4.78, 5) is 20.8. The lowest BCUT2D eigenvalue weighted by Gasteiger charge is -2.17. The molecule has 22 heavy (non-hydrogen) atoms. The third kappa shape index (κ3) is 2.76. The van der Waals surface area contributed by atoms with E-state index >= 15 is 0 Å². The summed E-state index contributed by atoms with van der Waals surface area (Å²) >= 11 is 1.66. The molecular formula is C15H19N5OS. The fraction of sp³-hybridized carbons (Fsp3) is 0.400. The fourth-order valence-corrected chi connectivity index (χ4v) is 3.31. The molecular weight excluding hydrogens is 298 g/mol. The minimum absolute atomic E-state index is 0.0319. The first-order chi connectivity index (χ1) is 10.4. The van der Waals surface area contributed by atoms with Gasteiger partial charge in [0.25, 0.3) is 0 Å². The second kappa shape index (κ2) is 5.57. The number of nitrogens with zero attached hydrogens (tertiary/aromatic N) is 5. The van der Waals surface area contributed by atoms with E-state index in [0.717, 1.165) is 21.9 Å². The van der Waals surface area contributed by atoms with Crippen LogP contribution in [0, 0.1) is 20.8 Å². The molecule has 3 aromatic heterocycles. The Morgan fingerprint density at radius 1 is 1.32 bits per heavy atom. The molecule has 1 amide bonds. The molecule has 116 valence electrons. The third-order valence-electron chi connectivity index (χ3n) is 3.61. The fourth-order valence-electron chi connectivity index (χ4n) is 2.43. The van der Waals surface area contributed by atoms with Crippen LogP contribution in [0.5, 0.6) is 0 Å². The molecule has 0 saturated heterocycles. The number of amides is 1. The van der Waals surface area contributed by atoms with Crippen molar-refractivity contribution in [1.29, 1.82) is 0 Å². The standard InChI is InChI=1S/C15H19N5OS/c1-10-5-16-19(6-10)9-14(21)18(4)8-13-12(3)17-15-20(13)7-11(2)22-15/h5-7H,8-9H2,1-4H3. The van der Waals surface area contributed by atoms with Crippen molar-refractivity contribution in [2.24, 2.45) is 0 Å². The number of fused-ring (bicyclic) bond motifs is 1. The van der Waals surface area contributed by atoms with Crippen LogP contribution in [0.3, 0.4) is 0 Å². The summed E-state index contributed by atoms with van der Waals surface area (Å²) in [7, 11) is 1.82. The Morgan fingerprint density at radius 3 is 2.77 bits per heavy atom. The van der Waals surface area contributed by atoms with Gasteiger partial charge in [0.1, 0.15) is 6.54 Å². The molecule has 0 spiro atoms. The number of hydrogen-bond donors (Lipinski definition) is 0. The Hall–Kier alpha value is -2.15. The number of hydrogen-bond acceptors (Lipinski definition) is 4. The van der Waals surface area contributed by atoms with Crippen LogP contribution in [0.15, 0.2) is 18.6 Å². The number of thiazole rings is 1. The lowest BCUT2D eigenvalue weighted by molar-refractivity contribution is -0.131. The van der Waals surface area contributed by atoms with Gasteiger partial charge < -0.3 is 4.90 Å². The van der Waals surface area contributed by atoms with E-state index in [1.165, 1.54) is 4.88 Å². The average Bonchev–Trinajstić information content (AvgIpc) is 3.08. The van der Waals surface area contributed by atoms with E-state index in [9.17, 15) is 4.79 Å². The predicted octanol–water partition coefficient (Wildman–Crippen LogP) is 2.18. The van der Waals surface area contributed by atoms with E-state index < -0.39 is 0 Å². The molecule has 0 aliphatic rings. The zero-order valence-electron chi connectivity index (χ0n) is 13.2. The van der Waals surface area contributed by atoms with Gasteiger partial charge >= 0.3 is 0 Å². The quantitative estimate of drug-likeness (QED) is 0.741. The van der Waals surface area contributed by atoms with Gasteiger partial charge in [0.05, 0.1) is 24.1 Å². The number of likely N-dealkylation sites (N-methyl/N-ethyl adjacent to an activating group) is 1. The number of aryl methyl sites for hydroxylation is 3. The van der Waals surface area contributed by atoms with E-state index in [1.54, 1.807) is 27.1 Å². The van der Waals surface area contributed by atoms with Crippen molar-refractivity contribution in [1.82, 2.24) is 24.1 Å². The lowest BCUT2D eigenvalue weighted by Crippen LogP contribution is -2.30. The highest BCUT2D eigenvalue weighted by atomic mass is 32.1. The predicted molar refractivity (Wildman–Crippen MR) is 86.0 cm³/mol. The first-order valence-electron chi connectivity index (χ1n) is 7.11. The van der Waals surface area contributed by atoms with Crippen LogP contribution < -0.4 is 0 Å². The van der Waals surface area contributed by atoms with Gasteiger partial charge in [-0.1, -0.05) is 0 Å². The first kappa shape index (κ1) is 14.8. The minimum atomic E-state index is 0.0319. The Bertz CT molecular complexity index is 828. The molecule has 0 atom stereocenters. The number of aromatic nitrogens is 4. The van der Waals surface area contributed by atoms with E-state index in [2.05, 4.69) is 27.6 Å². The second-order valence-electron chi connectivity index (χ2n) is 5.60. The maximum absolute atomic E-state index is 12.3. The Balaban J connectivity index is 1.76. The van der Waals surface area contributed by atoms with Gasteiger partial charge in [0.2, 0.25) is 5.91 Å². The van der Waals surface area contributed by atoms with Crippen LogP contribution in [0.2, 0.25) is 0 Å². The van der Waals surface area contributed by atoms with Gasteiger partial charge in [-0.2, -0.15) is 5.10 Å². The number of rotatable bonds is 4. The van der Waals surface area contributed by atoms with Crippen molar-refractivity contribution in [3.63, 3.8) is 0 Å². The van der Waals surface area contributed by atoms with Gasteiger partial charge in [-0.25, -0.2) is 4.98 Å². The number of carbonyl (C=O) groups is 1. The number of imidazole rings is 1. The summed E-state index contributed by atoms with van der Waals surface area (Å²) in [5, 5.41) is 4.16. The minimum Gasteiger partial charge on any atom is -0.338 e. The second-order valence-corrected chi connectivity index (χ2v) is 6.82. The van der Waals surface area contributed by atoms with E-state index in [1.807, 2.05) is 27.1 Å². The third-order valence-corrected chi connectivity index (χ3v) is 4.51. The van der Waals surface area contributed by atoms with Gasteiger partial charge in [0.15, 0.2) is 4.96 Å². The molecule has 0 aliphatic heterocycles. The first-order valence-corrected chi connectivity index (χ1v) is 7.92. The maximum Gasteiger partial charge on any atom is 0.244 e. The molecule has 0 fully saturated rings. The van der Waals surface area contributed by atoms with E-state index in [-0.39, 0.29) is 12.5 Å². The monoisotopic (exact) mass is 317 g/mol. The Labute approximate surface area is 133 Å². The van der Waals surface area contributed by atoms with Crippen LogP contribution >= 0.6 is 11.3 Å². The van der Waals surface area contributed by atoms with Crippen molar-refractivity contribution in [3.05, 3.63) is 40.4 Å². The maximum atomic E-state index is 12.3. The molecule has 7 heteroatoms. The van der Waals surface area contributed by atoms with Gasteiger partial charge in [-0.05, 0) is 26.3 Å². The lowest BCUT2D eigenvalue weighted by atomic mass is 10.3. The Morgan fingerprint density at radius 2 is 2.09 bits per heavy atom. The van der Waals surface area contributed by atoms with E-state index in [4.69, 9.17) is 0 Å². The van der Waals surface area contributed by atoms with Crippen molar-refractivity contribution in [2.45, 2.75) is 33.9 Å².